The van der Waals surface area contributed by atoms with Gasteiger partial charge >= 0.3 is 0 Å². The summed E-state index contributed by atoms with van der Waals surface area (Å²) in [5.74, 6) is -0.559. The molecule has 0 saturated heterocycles. The number of halogens is 1. The first kappa shape index (κ1) is 16.9. The lowest BCUT2D eigenvalue weighted by Crippen LogP contribution is -2.41. The van der Waals surface area contributed by atoms with Crippen molar-refractivity contribution in [1.29, 1.82) is 0 Å². The summed E-state index contributed by atoms with van der Waals surface area (Å²) in [6.07, 6.45) is 3.20. The maximum absolute atomic E-state index is 14.5. The van der Waals surface area contributed by atoms with Gasteiger partial charge in [0.1, 0.15) is 5.82 Å². The van der Waals surface area contributed by atoms with Crippen molar-refractivity contribution in [3.8, 4) is 11.1 Å². The number of nitrogens with zero attached hydrogens (tertiary/aromatic N) is 3. The van der Waals surface area contributed by atoms with Crippen LogP contribution in [-0.4, -0.2) is 28.8 Å². The molecule has 1 unspecified atom stereocenters. The molecule has 0 radical (unpaired) electrons. The molecule has 1 aliphatic rings. The molecule has 0 spiro atoms. The van der Waals surface area contributed by atoms with Gasteiger partial charge in [-0.2, -0.15) is 0 Å². The summed E-state index contributed by atoms with van der Waals surface area (Å²) in [4.78, 5) is 23.1. The number of likely N-dealkylation sites (N-methyl/N-ethyl adjacent to an activating group) is 1. The fourth-order valence-corrected chi connectivity index (χ4v) is 3.36. The number of rotatable bonds is 3. The van der Waals surface area contributed by atoms with Crippen molar-refractivity contribution < 1.29 is 9.18 Å². The van der Waals surface area contributed by atoms with E-state index in [9.17, 15) is 9.18 Å². The molecule has 3 aromatic rings. The smallest absolute Gasteiger partial charge is 0.266 e. The highest BCUT2D eigenvalue weighted by Gasteiger charge is 2.49. The number of aromatic nitrogens is 1. The van der Waals surface area contributed by atoms with Crippen LogP contribution in [0.3, 0.4) is 0 Å². The average Bonchev–Trinajstić information content (AvgIpc) is 2.94. The summed E-state index contributed by atoms with van der Waals surface area (Å²) in [5.41, 5.74) is 6.82. The molecule has 2 heterocycles. The van der Waals surface area contributed by atoms with Gasteiger partial charge in [-0.3, -0.25) is 14.7 Å². The van der Waals surface area contributed by atoms with Crippen molar-refractivity contribution in [3.63, 3.8) is 0 Å². The number of hydrogen-bond acceptors (Lipinski definition) is 4. The molecular weight excluding hydrogens is 343 g/mol. The second kappa shape index (κ2) is 6.32. The van der Waals surface area contributed by atoms with Crippen LogP contribution in [0, 0.1) is 5.82 Å². The van der Waals surface area contributed by atoms with Gasteiger partial charge in [0.15, 0.2) is 11.5 Å². The second-order valence-electron chi connectivity index (χ2n) is 6.35. The van der Waals surface area contributed by atoms with E-state index in [4.69, 9.17) is 5.73 Å². The van der Waals surface area contributed by atoms with E-state index in [0.29, 0.717) is 22.3 Å². The largest absolute Gasteiger partial charge is 0.369 e. The van der Waals surface area contributed by atoms with Crippen molar-refractivity contribution in [3.05, 3.63) is 90.0 Å². The fourth-order valence-electron chi connectivity index (χ4n) is 3.36. The van der Waals surface area contributed by atoms with E-state index in [2.05, 4.69) is 9.98 Å². The molecule has 0 bridgehead atoms. The first-order chi connectivity index (χ1) is 13.0. The van der Waals surface area contributed by atoms with Crippen LogP contribution in [0.5, 0.6) is 0 Å². The standard InChI is InChI=1S/C21H17FN4O/c1-26-19(27)21(25-20(26)23,15-7-3-2-4-8-15)16-9-10-18(22)17(12-16)14-6-5-11-24-13-14/h2-13H,1H3,(H2,23,25). The SMILES string of the molecule is CN1C(=O)C(c2ccccc2)(c2ccc(F)c(-c3cccnc3)c2)N=C1N. The Balaban J connectivity index is 1.97. The van der Waals surface area contributed by atoms with Gasteiger partial charge in [0.25, 0.3) is 5.91 Å². The lowest BCUT2D eigenvalue weighted by molar-refractivity contribution is -0.129. The number of amides is 1. The topological polar surface area (TPSA) is 71.6 Å². The number of guanidine groups is 1. The molecule has 5 nitrogen and oxygen atoms in total. The monoisotopic (exact) mass is 360 g/mol. The van der Waals surface area contributed by atoms with Gasteiger partial charge in [-0.1, -0.05) is 42.5 Å². The third-order valence-corrected chi connectivity index (χ3v) is 4.79. The summed E-state index contributed by atoms with van der Waals surface area (Å²) < 4.78 is 14.5. The molecule has 2 N–H and O–H groups in total. The van der Waals surface area contributed by atoms with Crippen LogP contribution in [0.2, 0.25) is 0 Å². The molecular formula is C21H17FN4O. The quantitative estimate of drug-likeness (QED) is 0.781. The number of hydrogen-bond donors (Lipinski definition) is 1. The maximum Gasteiger partial charge on any atom is 0.266 e. The lowest BCUT2D eigenvalue weighted by atomic mass is 9.81. The van der Waals surface area contributed by atoms with Gasteiger partial charge in [-0.15, -0.1) is 0 Å². The second-order valence-corrected chi connectivity index (χ2v) is 6.35. The Bertz CT molecular complexity index is 1040. The molecule has 1 atom stereocenters. The number of nitrogens with two attached hydrogens (primary N) is 1. The van der Waals surface area contributed by atoms with Crippen LogP contribution < -0.4 is 5.73 Å². The Morgan fingerprint density at radius 3 is 2.44 bits per heavy atom. The maximum atomic E-state index is 14.5. The fraction of sp³-hybridized carbons (Fsp3) is 0.0952. The van der Waals surface area contributed by atoms with Crippen molar-refractivity contribution >= 4 is 11.9 Å². The van der Waals surface area contributed by atoms with Gasteiger partial charge < -0.3 is 5.73 Å². The summed E-state index contributed by atoms with van der Waals surface area (Å²) in [6.45, 7) is 0. The zero-order valence-corrected chi connectivity index (χ0v) is 14.6. The minimum Gasteiger partial charge on any atom is -0.369 e. The number of carbonyl (C=O) groups excluding carboxylic acids is 1. The molecule has 2 aromatic carbocycles. The molecule has 6 heteroatoms. The van der Waals surface area contributed by atoms with E-state index < -0.39 is 11.4 Å². The van der Waals surface area contributed by atoms with Gasteiger partial charge in [-0.25, -0.2) is 9.38 Å². The van der Waals surface area contributed by atoms with Crippen molar-refractivity contribution in [2.75, 3.05) is 7.05 Å². The van der Waals surface area contributed by atoms with E-state index >= 15 is 0 Å². The van der Waals surface area contributed by atoms with Crippen LogP contribution in [0.25, 0.3) is 11.1 Å². The predicted octanol–water partition coefficient (Wildman–Crippen LogP) is 2.92. The molecule has 4 rings (SSSR count). The van der Waals surface area contributed by atoms with E-state index in [1.165, 1.54) is 11.0 Å². The number of benzene rings is 2. The summed E-state index contributed by atoms with van der Waals surface area (Å²) >= 11 is 0. The molecule has 0 aliphatic carbocycles. The van der Waals surface area contributed by atoms with E-state index in [1.54, 1.807) is 43.7 Å². The number of aliphatic imine (C=N–C) groups is 1. The van der Waals surface area contributed by atoms with E-state index in [-0.39, 0.29) is 11.9 Å². The van der Waals surface area contributed by atoms with Gasteiger partial charge in [0, 0.05) is 30.6 Å². The van der Waals surface area contributed by atoms with Crippen molar-refractivity contribution in [1.82, 2.24) is 9.88 Å². The summed E-state index contributed by atoms with van der Waals surface area (Å²) in [7, 11) is 1.58. The molecule has 1 amide bonds. The Hall–Kier alpha value is -3.54. The average molecular weight is 360 g/mol. The number of pyridine rings is 1. The molecule has 1 aromatic heterocycles. The summed E-state index contributed by atoms with van der Waals surface area (Å²) in [6, 6.07) is 17.2. The lowest BCUT2D eigenvalue weighted by Gasteiger charge is -2.26. The number of carbonyl (C=O) groups is 1. The Labute approximate surface area is 156 Å². The molecule has 27 heavy (non-hydrogen) atoms. The van der Waals surface area contributed by atoms with Gasteiger partial charge in [0.05, 0.1) is 0 Å². The van der Waals surface area contributed by atoms with E-state index in [1.807, 2.05) is 30.3 Å². The Morgan fingerprint density at radius 1 is 1.04 bits per heavy atom. The van der Waals surface area contributed by atoms with Crippen molar-refractivity contribution in [2.24, 2.45) is 10.7 Å². The van der Waals surface area contributed by atoms with Gasteiger partial charge in [0.2, 0.25) is 0 Å². The van der Waals surface area contributed by atoms with Crippen LogP contribution in [0.15, 0.2) is 78.0 Å². The third-order valence-electron chi connectivity index (χ3n) is 4.79. The predicted molar refractivity (Wildman–Crippen MR) is 101 cm³/mol. The highest BCUT2D eigenvalue weighted by molar-refractivity contribution is 6.09. The highest BCUT2D eigenvalue weighted by atomic mass is 19.1. The van der Waals surface area contributed by atoms with E-state index in [0.717, 1.165) is 0 Å². The van der Waals surface area contributed by atoms with Crippen LogP contribution in [0.1, 0.15) is 11.1 Å². The minimum atomic E-state index is -1.34. The molecule has 0 fully saturated rings. The molecule has 0 saturated carbocycles. The Morgan fingerprint density at radius 2 is 1.81 bits per heavy atom. The first-order valence-electron chi connectivity index (χ1n) is 8.43. The zero-order chi connectivity index (χ0) is 19.0. The molecule has 1 aliphatic heterocycles. The normalized spacial score (nSPS) is 19.3. The highest BCUT2D eigenvalue weighted by Crippen LogP contribution is 2.40. The van der Waals surface area contributed by atoms with Gasteiger partial charge in [-0.05, 0) is 29.3 Å². The summed E-state index contributed by atoms with van der Waals surface area (Å²) in [5, 5.41) is 0. The molecule has 134 valence electrons. The zero-order valence-electron chi connectivity index (χ0n) is 14.6. The Kier molecular flexibility index (Phi) is 3.96. The van der Waals surface area contributed by atoms with Crippen LogP contribution in [-0.2, 0) is 10.3 Å². The van der Waals surface area contributed by atoms with Crippen LogP contribution >= 0.6 is 0 Å². The van der Waals surface area contributed by atoms with Crippen LogP contribution in [0.4, 0.5) is 4.39 Å². The third kappa shape index (κ3) is 2.57. The van der Waals surface area contributed by atoms with Crippen molar-refractivity contribution in [2.45, 2.75) is 5.54 Å². The first-order valence-corrected chi connectivity index (χ1v) is 8.43. The minimum absolute atomic E-state index is 0.121.